The van der Waals surface area contributed by atoms with E-state index in [-0.39, 0.29) is 10.00 Å². The zero-order chi connectivity index (χ0) is 12.8. The summed E-state index contributed by atoms with van der Waals surface area (Å²) in [5, 5.41) is 0.178. The van der Waals surface area contributed by atoms with Gasteiger partial charge in [0.05, 0.1) is 10.5 Å². The molecule has 2 heterocycles. The average molecular weight is 359 g/mol. The van der Waals surface area contributed by atoms with E-state index in [0.29, 0.717) is 5.75 Å². The Kier molecular flexibility index (Phi) is 3.95. The number of hydrogen-bond donors (Lipinski definition) is 0. The molecule has 0 unspecified atom stereocenters. The zero-order valence-electron chi connectivity index (χ0n) is 10.1. The minimum Gasteiger partial charge on any atom is -0.228 e. The van der Waals surface area contributed by atoms with Crippen molar-refractivity contribution in [1.82, 2.24) is 0 Å². The molecule has 2 fully saturated rings. The van der Waals surface area contributed by atoms with Gasteiger partial charge in [-0.25, -0.2) is 13.0 Å². The number of thioether (sulfide) groups is 2. The van der Waals surface area contributed by atoms with Crippen molar-refractivity contribution in [2.75, 3.05) is 18.8 Å². The topological polar surface area (TPSA) is 37.1 Å². The summed E-state index contributed by atoms with van der Waals surface area (Å²) in [7, 11) is -2.96. The molecule has 0 bridgehead atoms. The number of nitrogens with zero attached hydrogens (tertiary/aromatic N) is 1. The van der Waals surface area contributed by atoms with Gasteiger partial charge in [-0.3, -0.25) is 0 Å². The average Bonchev–Trinajstić information content (AvgIpc) is 2.64. The molecule has 0 radical (unpaired) electrons. The molecule has 0 spiro atoms. The summed E-state index contributed by atoms with van der Waals surface area (Å²) in [6.45, 7) is 8.30. The highest BCUT2D eigenvalue weighted by Crippen LogP contribution is 2.57. The first kappa shape index (κ1) is 14.2. The van der Waals surface area contributed by atoms with Crippen LogP contribution in [0.25, 0.3) is 0 Å². The van der Waals surface area contributed by atoms with E-state index in [1.165, 1.54) is 4.38 Å². The first-order valence-corrected chi connectivity index (χ1v) is 10.0. The minimum absolute atomic E-state index is 0.178. The van der Waals surface area contributed by atoms with Crippen molar-refractivity contribution in [2.45, 2.75) is 34.9 Å². The Morgan fingerprint density at radius 1 is 1.47 bits per heavy atom. The molecule has 0 amide bonds. The van der Waals surface area contributed by atoms with Gasteiger partial charge in [0.15, 0.2) is 9.84 Å². The van der Waals surface area contributed by atoms with Crippen molar-refractivity contribution in [1.29, 1.82) is 0 Å². The molecule has 3 nitrogen and oxygen atoms in total. The fourth-order valence-corrected chi connectivity index (χ4v) is 10.3. The van der Waals surface area contributed by atoms with Crippen LogP contribution in [0.15, 0.2) is 0 Å². The van der Waals surface area contributed by atoms with E-state index >= 15 is 0 Å². The first-order valence-electron chi connectivity index (χ1n) is 5.68. The Morgan fingerprint density at radius 3 is 2.53 bits per heavy atom. The van der Waals surface area contributed by atoms with Gasteiger partial charge in [0.2, 0.25) is 0 Å². The first-order chi connectivity index (χ1) is 7.85. The maximum absolute atomic E-state index is 11.9. The minimum atomic E-state index is -2.96. The van der Waals surface area contributed by atoms with E-state index in [4.69, 9.17) is 0 Å². The molecule has 2 aliphatic rings. The normalized spacial score (nSPS) is 39.4. The standard InChI is InChI=1S/C10H17BrNO2S3/c1-4-12(5-2)9-15-7-6-17(13,14)8(11)10(7,3)16-9/h7-8H,4-6H2,1-3H3/q+1/t7-,8-,10-/m1/s1. The summed E-state index contributed by atoms with van der Waals surface area (Å²) in [4.78, 5) is 0. The second-order valence-corrected chi connectivity index (χ2v) is 11.0. The predicted molar refractivity (Wildman–Crippen MR) is 80.2 cm³/mol. The lowest BCUT2D eigenvalue weighted by atomic mass is 10.1. The SMILES string of the molecule is CC[N+](CC)=C1S[C@@H]2CS(=O)(=O)[C@@H](Br)[C@]2(C)S1. The number of sulfone groups is 1. The molecule has 2 saturated heterocycles. The van der Waals surface area contributed by atoms with E-state index in [0.717, 1.165) is 13.1 Å². The molecule has 2 rings (SSSR count). The molecule has 0 aromatic rings. The van der Waals surface area contributed by atoms with Crippen molar-refractivity contribution in [3.8, 4) is 0 Å². The molecule has 0 saturated carbocycles. The molecular formula is C10H17BrNO2S3+. The smallest absolute Gasteiger partial charge is 0.228 e. The number of alkyl halides is 1. The van der Waals surface area contributed by atoms with Gasteiger partial charge in [0.25, 0.3) is 4.38 Å². The lowest BCUT2D eigenvalue weighted by Crippen LogP contribution is -2.33. The van der Waals surface area contributed by atoms with Crippen LogP contribution in [-0.4, -0.2) is 50.4 Å². The molecule has 2 aliphatic heterocycles. The monoisotopic (exact) mass is 358 g/mol. The lowest BCUT2D eigenvalue weighted by molar-refractivity contribution is -0.515. The predicted octanol–water partition coefficient (Wildman–Crippen LogP) is 2.15. The van der Waals surface area contributed by atoms with Crippen LogP contribution in [0.2, 0.25) is 0 Å². The van der Waals surface area contributed by atoms with Crippen molar-refractivity contribution in [3.05, 3.63) is 0 Å². The Labute approximate surface area is 120 Å². The maximum Gasteiger partial charge on any atom is 0.270 e. The van der Waals surface area contributed by atoms with Crippen LogP contribution in [0.5, 0.6) is 0 Å². The Bertz CT molecular complexity index is 456. The Hall–Kier alpha value is 0.800. The van der Waals surface area contributed by atoms with Crippen molar-refractivity contribution >= 4 is 53.7 Å². The van der Waals surface area contributed by atoms with Crippen LogP contribution in [0.3, 0.4) is 0 Å². The van der Waals surface area contributed by atoms with E-state index in [9.17, 15) is 8.42 Å². The van der Waals surface area contributed by atoms with Crippen LogP contribution in [-0.2, 0) is 9.84 Å². The van der Waals surface area contributed by atoms with Crippen molar-refractivity contribution in [3.63, 3.8) is 0 Å². The number of rotatable bonds is 2. The molecule has 0 aromatic carbocycles. The van der Waals surface area contributed by atoms with E-state index in [1.54, 1.807) is 23.5 Å². The van der Waals surface area contributed by atoms with Gasteiger partial charge < -0.3 is 0 Å². The third kappa shape index (κ3) is 2.21. The third-order valence-corrected chi connectivity index (χ3v) is 12.1. The molecular weight excluding hydrogens is 342 g/mol. The third-order valence-electron chi connectivity index (χ3n) is 3.36. The molecule has 98 valence electrons. The molecule has 0 aliphatic carbocycles. The van der Waals surface area contributed by atoms with Crippen LogP contribution >= 0.6 is 39.5 Å². The molecule has 0 N–H and O–H groups in total. The number of fused-ring (bicyclic) bond motifs is 1. The molecule has 3 atom stereocenters. The summed E-state index contributed by atoms with van der Waals surface area (Å²) in [5.41, 5.74) is 0. The largest absolute Gasteiger partial charge is 0.270 e. The zero-order valence-corrected chi connectivity index (χ0v) is 14.2. The van der Waals surface area contributed by atoms with Gasteiger partial charge in [-0.15, -0.1) is 0 Å². The lowest BCUT2D eigenvalue weighted by Gasteiger charge is -2.21. The molecule has 7 heteroatoms. The van der Waals surface area contributed by atoms with E-state index in [2.05, 4.69) is 41.3 Å². The summed E-state index contributed by atoms with van der Waals surface area (Å²) in [6.07, 6.45) is 0. The highest BCUT2D eigenvalue weighted by molar-refractivity contribution is 9.11. The Balaban J connectivity index is 2.34. The highest BCUT2D eigenvalue weighted by Gasteiger charge is 2.62. The molecule has 17 heavy (non-hydrogen) atoms. The Morgan fingerprint density at radius 2 is 2.06 bits per heavy atom. The quantitative estimate of drug-likeness (QED) is 0.559. The van der Waals surface area contributed by atoms with Crippen molar-refractivity contribution in [2.24, 2.45) is 0 Å². The van der Waals surface area contributed by atoms with Gasteiger partial charge in [-0.05, 0) is 44.3 Å². The van der Waals surface area contributed by atoms with Gasteiger partial charge >= 0.3 is 0 Å². The summed E-state index contributed by atoms with van der Waals surface area (Å²) in [5.74, 6) is 0.294. The van der Waals surface area contributed by atoms with Crippen LogP contribution in [0, 0.1) is 0 Å². The fourth-order valence-electron chi connectivity index (χ4n) is 2.18. The van der Waals surface area contributed by atoms with E-state index in [1.807, 2.05) is 0 Å². The van der Waals surface area contributed by atoms with Crippen molar-refractivity contribution < 1.29 is 13.0 Å². The summed E-state index contributed by atoms with van der Waals surface area (Å²) in [6, 6.07) is 0. The van der Waals surface area contributed by atoms with Crippen LogP contribution in [0.1, 0.15) is 20.8 Å². The summed E-state index contributed by atoms with van der Waals surface area (Å²) >= 11 is 6.86. The second-order valence-electron chi connectivity index (χ2n) is 4.48. The molecule has 0 aromatic heterocycles. The van der Waals surface area contributed by atoms with Gasteiger partial charge in [0, 0.05) is 5.25 Å². The highest BCUT2D eigenvalue weighted by atomic mass is 79.9. The summed E-state index contributed by atoms with van der Waals surface area (Å²) < 4.78 is 26.8. The van der Waals surface area contributed by atoms with Crippen LogP contribution in [0.4, 0.5) is 0 Å². The van der Waals surface area contributed by atoms with Gasteiger partial charge in [0.1, 0.15) is 17.2 Å². The maximum atomic E-state index is 11.9. The number of hydrogen-bond acceptors (Lipinski definition) is 4. The number of halogens is 1. The second kappa shape index (κ2) is 4.72. The fraction of sp³-hybridized carbons (Fsp3) is 0.900. The van der Waals surface area contributed by atoms with Gasteiger partial charge in [-0.1, -0.05) is 15.9 Å². The van der Waals surface area contributed by atoms with Crippen LogP contribution < -0.4 is 0 Å². The van der Waals surface area contributed by atoms with E-state index < -0.39 is 14.0 Å². The van der Waals surface area contributed by atoms with Gasteiger partial charge in [-0.2, -0.15) is 0 Å².